The molecule has 7 nitrogen and oxygen atoms in total. The highest BCUT2D eigenvalue weighted by Gasteiger charge is 2.19. The average Bonchev–Trinajstić information content (AvgIpc) is 2.79. The molecule has 1 fully saturated rings. The van der Waals surface area contributed by atoms with Crippen molar-refractivity contribution in [2.75, 3.05) is 58.8 Å². The molecule has 1 amide bonds. The van der Waals surface area contributed by atoms with Crippen LogP contribution in [-0.2, 0) is 11.3 Å². The maximum absolute atomic E-state index is 11.7. The standard InChI is InChI=1S/C23H31N5O2/c1-24-23(28-14-12-27(13-15-28)20-9-5-4-6-10-20)25-17-19-8-7-11-21(16-19)30-18-22(29)26(2)3/h4-11,16H,12-15,17-18H2,1-3H3,(H,24,25). The number of rotatable bonds is 6. The largest absolute Gasteiger partial charge is 0.484 e. The van der Waals surface area contributed by atoms with Crippen LogP contribution in [-0.4, -0.2) is 75.6 Å². The van der Waals surface area contributed by atoms with Crippen LogP contribution in [0.15, 0.2) is 59.6 Å². The van der Waals surface area contributed by atoms with Crippen molar-refractivity contribution in [3.8, 4) is 5.75 Å². The van der Waals surface area contributed by atoms with Gasteiger partial charge in [-0.05, 0) is 29.8 Å². The number of likely N-dealkylation sites (N-methyl/N-ethyl adjacent to an activating group) is 1. The number of nitrogens with zero attached hydrogens (tertiary/aromatic N) is 4. The lowest BCUT2D eigenvalue weighted by Gasteiger charge is -2.37. The van der Waals surface area contributed by atoms with E-state index in [1.54, 1.807) is 14.1 Å². The number of carbonyl (C=O) groups is 1. The number of hydrogen-bond donors (Lipinski definition) is 1. The third-order valence-corrected chi connectivity index (χ3v) is 5.12. The number of guanidine groups is 1. The molecule has 1 saturated heterocycles. The first kappa shape index (κ1) is 21.5. The van der Waals surface area contributed by atoms with Gasteiger partial charge in [0.2, 0.25) is 0 Å². The van der Waals surface area contributed by atoms with Gasteiger partial charge in [-0.15, -0.1) is 0 Å². The van der Waals surface area contributed by atoms with Crippen molar-refractivity contribution in [2.45, 2.75) is 6.54 Å². The van der Waals surface area contributed by atoms with Gasteiger partial charge in [0.25, 0.3) is 5.91 Å². The number of hydrogen-bond acceptors (Lipinski definition) is 4. The van der Waals surface area contributed by atoms with Crippen molar-refractivity contribution in [1.82, 2.24) is 15.1 Å². The highest BCUT2D eigenvalue weighted by molar-refractivity contribution is 5.80. The fraction of sp³-hybridized carbons (Fsp3) is 0.391. The van der Waals surface area contributed by atoms with Crippen LogP contribution in [0.5, 0.6) is 5.75 Å². The summed E-state index contributed by atoms with van der Waals surface area (Å²) < 4.78 is 5.61. The van der Waals surface area contributed by atoms with Gasteiger partial charge in [-0.2, -0.15) is 0 Å². The highest BCUT2D eigenvalue weighted by atomic mass is 16.5. The van der Waals surface area contributed by atoms with Gasteiger partial charge < -0.3 is 24.8 Å². The first-order chi connectivity index (χ1) is 14.6. The summed E-state index contributed by atoms with van der Waals surface area (Å²) in [5.74, 6) is 1.53. The van der Waals surface area contributed by atoms with Crippen LogP contribution >= 0.6 is 0 Å². The van der Waals surface area contributed by atoms with E-state index in [9.17, 15) is 4.79 Å². The van der Waals surface area contributed by atoms with Gasteiger partial charge in [-0.1, -0.05) is 30.3 Å². The lowest BCUT2D eigenvalue weighted by molar-refractivity contribution is -0.130. The molecule has 1 heterocycles. The van der Waals surface area contributed by atoms with Crippen molar-refractivity contribution in [3.05, 3.63) is 60.2 Å². The summed E-state index contributed by atoms with van der Waals surface area (Å²) in [4.78, 5) is 22.4. The van der Waals surface area contributed by atoms with E-state index in [1.807, 2.05) is 37.4 Å². The first-order valence-electron chi connectivity index (χ1n) is 10.2. The smallest absolute Gasteiger partial charge is 0.259 e. The summed E-state index contributed by atoms with van der Waals surface area (Å²) >= 11 is 0. The van der Waals surface area contributed by atoms with Gasteiger partial charge in [0.05, 0.1) is 0 Å². The van der Waals surface area contributed by atoms with Gasteiger partial charge in [-0.25, -0.2) is 0 Å². The van der Waals surface area contributed by atoms with Crippen LogP contribution in [0.1, 0.15) is 5.56 Å². The molecule has 30 heavy (non-hydrogen) atoms. The zero-order valence-corrected chi connectivity index (χ0v) is 18.0. The van der Waals surface area contributed by atoms with E-state index in [-0.39, 0.29) is 12.5 Å². The normalized spacial score (nSPS) is 14.4. The number of benzene rings is 2. The van der Waals surface area contributed by atoms with E-state index in [1.165, 1.54) is 10.6 Å². The van der Waals surface area contributed by atoms with Crippen molar-refractivity contribution < 1.29 is 9.53 Å². The molecule has 2 aromatic carbocycles. The Morgan fingerprint density at radius 1 is 1.07 bits per heavy atom. The predicted molar refractivity (Wildman–Crippen MR) is 121 cm³/mol. The van der Waals surface area contributed by atoms with Gasteiger partial charge in [0.1, 0.15) is 5.75 Å². The molecule has 0 aliphatic carbocycles. The van der Waals surface area contributed by atoms with Crippen LogP contribution < -0.4 is 15.0 Å². The number of anilines is 1. The SMILES string of the molecule is CN=C(NCc1cccc(OCC(=O)N(C)C)c1)N1CCN(c2ccccc2)CC1. The van der Waals surface area contributed by atoms with Crippen molar-refractivity contribution in [3.63, 3.8) is 0 Å². The minimum atomic E-state index is -0.0615. The molecule has 160 valence electrons. The number of para-hydroxylation sites is 1. The van der Waals surface area contributed by atoms with E-state index in [0.29, 0.717) is 12.3 Å². The molecule has 0 radical (unpaired) electrons. The molecule has 0 bridgehead atoms. The zero-order valence-electron chi connectivity index (χ0n) is 18.0. The summed E-state index contributed by atoms with van der Waals surface area (Å²) in [6, 6.07) is 18.3. The topological polar surface area (TPSA) is 60.4 Å². The third kappa shape index (κ3) is 5.89. The summed E-state index contributed by atoms with van der Waals surface area (Å²) in [5, 5.41) is 3.45. The summed E-state index contributed by atoms with van der Waals surface area (Å²) in [7, 11) is 5.26. The Hall–Kier alpha value is -3.22. The fourth-order valence-corrected chi connectivity index (χ4v) is 3.35. The molecule has 0 aromatic heterocycles. The second-order valence-electron chi connectivity index (χ2n) is 7.43. The Labute approximate surface area is 178 Å². The van der Waals surface area contributed by atoms with Gasteiger partial charge in [0, 0.05) is 59.6 Å². The number of piperazine rings is 1. The maximum Gasteiger partial charge on any atom is 0.259 e. The third-order valence-electron chi connectivity index (χ3n) is 5.12. The lowest BCUT2D eigenvalue weighted by Crippen LogP contribution is -2.52. The predicted octanol–water partition coefficient (Wildman–Crippen LogP) is 2.05. The summed E-state index contributed by atoms with van der Waals surface area (Å²) in [6.45, 7) is 4.46. The molecular formula is C23H31N5O2. The quantitative estimate of drug-likeness (QED) is 0.585. The summed E-state index contributed by atoms with van der Waals surface area (Å²) in [5.41, 5.74) is 2.35. The first-order valence-corrected chi connectivity index (χ1v) is 10.2. The number of ether oxygens (including phenoxy) is 1. The van der Waals surface area contributed by atoms with E-state index >= 15 is 0 Å². The molecule has 0 spiro atoms. The Balaban J connectivity index is 1.50. The Morgan fingerprint density at radius 3 is 2.47 bits per heavy atom. The molecule has 0 unspecified atom stereocenters. The van der Waals surface area contributed by atoms with Crippen molar-refractivity contribution >= 4 is 17.6 Å². The number of carbonyl (C=O) groups excluding carboxylic acids is 1. The molecule has 1 N–H and O–H groups in total. The van der Waals surface area contributed by atoms with Gasteiger partial charge in [-0.3, -0.25) is 9.79 Å². The monoisotopic (exact) mass is 409 g/mol. The van der Waals surface area contributed by atoms with Crippen LogP contribution in [0, 0.1) is 0 Å². The van der Waals surface area contributed by atoms with Gasteiger partial charge >= 0.3 is 0 Å². The van der Waals surface area contributed by atoms with Crippen LogP contribution in [0.25, 0.3) is 0 Å². The van der Waals surface area contributed by atoms with Gasteiger partial charge in [0.15, 0.2) is 12.6 Å². The van der Waals surface area contributed by atoms with E-state index in [2.05, 4.69) is 44.4 Å². The number of amides is 1. The second kappa shape index (κ2) is 10.5. The maximum atomic E-state index is 11.7. The number of nitrogens with one attached hydrogen (secondary N) is 1. The molecule has 7 heteroatoms. The minimum Gasteiger partial charge on any atom is -0.484 e. The van der Waals surface area contributed by atoms with E-state index in [4.69, 9.17) is 4.74 Å². The Morgan fingerprint density at radius 2 is 1.80 bits per heavy atom. The van der Waals surface area contributed by atoms with E-state index in [0.717, 1.165) is 37.7 Å². The molecule has 0 saturated carbocycles. The fourth-order valence-electron chi connectivity index (χ4n) is 3.35. The highest BCUT2D eigenvalue weighted by Crippen LogP contribution is 2.16. The van der Waals surface area contributed by atoms with Crippen molar-refractivity contribution in [2.24, 2.45) is 4.99 Å². The number of aliphatic imine (C=N–C) groups is 1. The molecule has 0 atom stereocenters. The van der Waals surface area contributed by atoms with Crippen molar-refractivity contribution in [1.29, 1.82) is 0 Å². The molecular weight excluding hydrogens is 378 g/mol. The van der Waals surface area contributed by atoms with E-state index < -0.39 is 0 Å². The molecule has 2 aromatic rings. The molecule has 1 aliphatic rings. The second-order valence-corrected chi connectivity index (χ2v) is 7.43. The lowest BCUT2D eigenvalue weighted by atomic mass is 10.2. The minimum absolute atomic E-state index is 0.0389. The van der Waals surface area contributed by atoms with Crippen LogP contribution in [0.4, 0.5) is 5.69 Å². The zero-order chi connectivity index (χ0) is 21.3. The molecule has 3 rings (SSSR count). The van der Waals surface area contributed by atoms with Crippen LogP contribution in [0.3, 0.4) is 0 Å². The molecule has 1 aliphatic heterocycles. The van der Waals surface area contributed by atoms with Crippen LogP contribution in [0.2, 0.25) is 0 Å². The Kier molecular flexibility index (Phi) is 7.54. The average molecular weight is 410 g/mol. The Bertz CT molecular complexity index is 846. The summed E-state index contributed by atoms with van der Waals surface area (Å²) in [6.07, 6.45) is 0.